The number of rotatable bonds is 2. The SMILES string of the molecule is OCc1cc(F)ccc1N1CCCC2CCCC21. The topological polar surface area (TPSA) is 23.5 Å². The van der Waals surface area contributed by atoms with Crippen molar-refractivity contribution in [2.24, 2.45) is 5.92 Å². The van der Waals surface area contributed by atoms with E-state index < -0.39 is 0 Å². The zero-order valence-electron chi connectivity index (χ0n) is 10.6. The summed E-state index contributed by atoms with van der Waals surface area (Å²) in [6, 6.07) is 5.41. The van der Waals surface area contributed by atoms with Crippen molar-refractivity contribution in [3.8, 4) is 0 Å². The number of halogens is 1. The minimum atomic E-state index is -0.261. The van der Waals surface area contributed by atoms with Gasteiger partial charge in [0.25, 0.3) is 0 Å². The molecule has 1 saturated carbocycles. The van der Waals surface area contributed by atoms with E-state index in [-0.39, 0.29) is 12.4 Å². The molecule has 0 amide bonds. The molecule has 1 aliphatic heterocycles. The Morgan fingerprint density at radius 1 is 1.22 bits per heavy atom. The Morgan fingerprint density at radius 2 is 2.06 bits per heavy atom. The van der Waals surface area contributed by atoms with Gasteiger partial charge in [-0.2, -0.15) is 0 Å². The predicted molar refractivity (Wildman–Crippen MR) is 70.0 cm³/mol. The number of anilines is 1. The smallest absolute Gasteiger partial charge is 0.123 e. The first-order chi connectivity index (χ1) is 8.79. The van der Waals surface area contributed by atoms with Crippen molar-refractivity contribution >= 4 is 5.69 Å². The quantitative estimate of drug-likeness (QED) is 0.870. The van der Waals surface area contributed by atoms with Gasteiger partial charge in [0.1, 0.15) is 5.82 Å². The number of fused-ring (bicyclic) bond motifs is 1. The van der Waals surface area contributed by atoms with Crippen LogP contribution in [0.1, 0.15) is 37.7 Å². The van der Waals surface area contributed by atoms with Crippen LogP contribution in [0.5, 0.6) is 0 Å². The molecule has 0 bridgehead atoms. The standard InChI is InChI=1S/C15H20FNO/c16-13-6-7-15(12(9-13)10-18)17-8-2-4-11-3-1-5-14(11)17/h6-7,9,11,14,18H,1-5,8,10H2. The molecule has 2 unspecified atom stereocenters. The highest BCUT2D eigenvalue weighted by Crippen LogP contribution is 2.40. The molecule has 1 saturated heterocycles. The summed E-state index contributed by atoms with van der Waals surface area (Å²) in [4.78, 5) is 2.41. The van der Waals surface area contributed by atoms with Gasteiger partial charge in [0.15, 0.2) is 0 Å². The summed E-state index contributed by atoms with van der Waals surface area (Å²) in [6.07, 6.45) is 6.42. The van der Waals surface area contributed by atoms with Gasteiger partial charge >= 0.3 is 0 Å². The van der Waals surface area contributed by atoms with Gasteiger partial charge in [0, 0.05) is 23.8 Å². The Bertz CT molecular complexity index is 435. The molecule has 0 radical (unpaired) electrons. The number of benzene rings is 1. The maximum atomic E-state index is 13.2. The van der Waals surface area contributed by atoms with Crippen LogP contribution in [0.3, 0.4) is 0 Å². The van der Waals surface area contributed by atoms with Gasteiger partial charge in [0.05, 0.1) is 6.61 Å². The highest BCUT2D eigenvalue weighted by Gasteiger charge is 2.35. The average molecular weight is 249 g/mol. The molecule has 2 aliphatic rings. The van der Waals surface area contributed by atoms with E-state index in [2.05, 4.69) is 4.90 Å². The van der Waals surface area contributed by atoms with Crippen molar-refractivity contribution in [2.45, 2.75) is 44.8 Å². The lowest BCUT2D eigenvalue weighted by atomic mass is 9.91. The number of aliphatic hydroxyl groups is 1. The maximum absolute atomic E-state index is 13.2. The Morgan fingerprint density at radius 3 is 2.89 bits per heavy atom. The fourth-order valence-electron chi connectivity index (χ4n) is 3.71. The van der Waals surface area contributed by atoms with E-state index >= 15 is 0 Å². The molecule has 3 heteroatoms. The van der Waals surface area contributed by atoms with Crippen LogP contribution in [0.25, 0.3) is 0 Å². The summed E-state index contributed by atoms with van der Waals surface area (Å²) in [5.41, 5.74) is 1.76. The van der Waals surface area contributed by atoms with E-state index in [0.717, 1.165) is 23.7 Å². The first kappa shape index (κ1) is 12.0. The number of nitrogens with zero attached hydrogens (tertiary/aromatic N) is 1. The summed E-state index contributed by atoms with van der Waals surface area (Å²) >= 11 is 0. The molecule has 0 spiro atoms. The molecule has 1 aromatic rings. The Labute approximate surface area is 107 Å². The van der Waals surface area contributed by atoms with Gasteiger partial charge in [-0.3, -0.25) is 0 Å². The van der Waals surface area contributed by atoms with Gasteiger partial charge < -0.3 is 10.0 Å². The van der Waals surface area contributed by atoms with Crippen molar-refractivity contribution in [3.05, 3.63) is 29.6 Å². The van der Waals surface area contributed by atoms with E-state index in [1.54, 1.807) is 0 Å². The van der Waals surface area contributed by atoms with E-state index in [1.165, 1.54) is 44.2 Å². The lowest BCUT2D eigenvalue weighted by Crippen LogP contribution is -2.43. The molecule has 1 N–H and O–H groups in total. The Kier molecular flexibility index (Phi) is 3.25. The Balaban J connectivity index is 1.93. The van der Waals surface area contributed by atoms with Crippen molar-refractivity contribution < 1.29 is 9.50 Å². The molecular weight excluding hydrogens is 229 g/mol. The molecule has 0 aromatic heterocycles. The number of aliphatic hydroxyl groups excluding tert-OH is 1. The zero-order valence-corrected chi connectivity index (χ0v) is 10.6. The first-order valence-corrected chi connectivity index (χ1v) is 6.95. The van der Waals surface area contributed by atoms with Crippen molar-refractivity contribution in [1.29, 1.82) is 0 Å². The normalized spacial score (nSPS) is 27.3. The lowest BCUT2D eigenvalue weighted by Gasteiger charge is -2.40. The second-order valence-electron chi connectivity index (χ2n) is 5.53. The van der Waals surface area contributed by atoms with Crippen molar-refractivity contribution in [1.82, 2.24) is 0 Å². The number of piperidine rings is 1. The van der Waals surface area contributed by atoms with Gasteiger partial charge in [-0.25, -0.2) is 4.39 Å². The fraction of sp³-hybridized carbons (Fsp3) is 0.600. The summed E-state index contributed by atoms with van der Waals surface area (Å²) in [5.74, 6) is 0.540. The van der Waals surface area contributed by atoms with Crippen LogP contribution in [-0.2, 0) is 6.61 Å². The second kappa shape index (κ2) is 4.88. The molecule has 3 rings (SSSR count). The van der Waals surface area contributed by atoms with Crippen molar-refractivity contribution in [3.63, 3.8) is 0 Å². The van der Waals surface area contributed by atoms with Crippen LogP contribution < -0.4 is 4.90 Å². The maximum Gasteiger partial charge on any atom is 0.123 e. The van der Waals surface area contributed by atoms with Gasteiger partial charge in [-0.1, -0.05) is 6.42 Å². The van der Waals surface area contributed by atoms with E-state index in [1.807, 2.05) is 6.07 Å². The minimum Gasteiger partial charge on any atom is -0.392 e. The highest BCUT2D eigenvalue weighted by atomic mass is 19.1. The molecule has 1 aliphatic carbocycles. The van der Waals surface area contributed by atoms with Crippen LogP contribution in [0.15, 0.2) is 18.2 Å². The van der Waals surface area contributed by atoms with Gasteiger partial charge in [0.2, 0.25) is 0 Å². The van der Waals surface area contributed by atoms with Crippen LogP contribution >= 0.6 is 0 Å². The van der Waals surface area contributed by atoms with E-state index in [4.69, 9.17) is 0 Å². The molecule has 2 atom stereocenters. The predicted octanol–water partition coefficient (Wildman–Crippen LogP) is 3.09. The summed E-state index contributed by atoms with van der Waals surface area (Å²) in [5, 5.41) is 9.42. The largest absolute Gasteiger partial charge is 0.392 e. The van der Waals surface area contributed by atoms with Crippen LogP contribution in [0.4, 0.5) is 10.1 Å². The van der Waals surface area contributed by atoms with Crippen LogP contribution in [0, 0.1) is 11.7 Å². The molecular formula is C15H20FNO. The van der Waals surface area contributed by atoms with Crippen molar-refractivity contribution in [2.75, 3.05) is 11.4 Å². The lowest BCUT2D eigenvalue weighted by molar-refractivity contribution is 0.280. The zero-order chi connectivity index (χ0) is 12.5. The van der Waals surface area contributed by atoms with Crippen LogP contribution in [-0.4, -0.2) is 17.7 Å². The Hall–Kier alpha value is -1.09. The summed E-state index contributed by atoms with van der Waals surface area (Å²) in [6.45, 7) is 0.959. The third-order valence-corrected chi connectivity index (χ3v) is 4.51. The number of hydrogen-bond acceptors (Lipinski definition) is 2. The third kappa shape index (κ3) is 2.01. The fourth-order valence-corrected chi connectivity index (χ4v) is 3.71. The van der Waals surface area contributed by atoms with Gasteiger partial charge in [-0.15, -0.1) is 0 Å². The molecule has 1 heterocycles. The van der Waals surface area contributed by atoms with Gasteiger partial charge in [-0.05, 0) is 49.8 Å². The van der Waals surface area contributed by atoms with Crippen LogP contribution in [0.2, 0.25) is 0 Å². The summed E-state index contributed by atoms with van der Waals surface area (Å²) in [7, 11) is 0. The molecule has 2 nitrogen and oxygen atoms in total. The molecule has 2 fully saturated rings. The second-order valence-corrected chi connectivity index (χ2v) is 5.53. The number of hydrogen-bond donors (Lipinski definition) is 1. The molecule has 1 aromatic carbocycles. The minimum absolute atomic E-state index is 0.0824. The molecule has 98 valence electrons. The highest BCUT2D eigenvalue weighted by molar-refractivity contribution is 5.55. The average Bonchev–Trinajstić information content (AvgIpc) is 2.86. The summed E-state index contributed by atoms with van der Waals surface area (Å²) < 4.78 is 13.2. The molecule has 18 heavy (non-hydrogen) atoms. The van der Waals surface area contributed by atoms with E-state index in [0.29, 0.717) is 6.04 Å². The van der Waals surface area contributed by atoms with E-state index in [9.17, 15) is 9.50 Å². The monoisotopic (exact) mass is 249 g/mol. The first-order valence-electron chi connectivity index (χ1n) is 6.95. The third-order valence-electron chi connectivity index (χ3n) is 4.51.